The number of nitrogens with zero attached hydrogens (tertiary/aromatic N) is 1. The summed E-state index contributed by atoms with van der Waals surface area (Å²) in [7, 11) is 0. The minimum atomic E-state index is -0.196. The van der Waals surface area contributed by atoms with Gasteiger partial charge in [-0.15, -0.1) is 0 Å². The van der Waals surface area contributed by atoms with Crippen molar-refractivity contribution in [3.63, 3.8) is 0 Å². The molecule has 1 amide bonds. The first-order valence-electron chi connectivity index (χ1n) is 5.70. The molecule has 1 aliphatic heterocycles. The first-order chi connectivity index (χ1) is 8.16. The standard InChI is InChI=1S/C12H15ClN2O2/c1-8-4-5-10(11(13)15-8)12(16)14-7-9-3-2-6-17-9/h4-5,9H,2-3,6-7H2,1H3,(H,14,16)/t9-/m1/s1. The number of pyridine rings is 1. The highest BCUT2D eigenvalue weighted by Gasteiger charge is 2.17. The third kappa shape index (κ3) is 3.17. The van der Waals surface area contributed by atoms with E-state index in [9.17, 15) is 4.79 Å². The predicted octanol–water partition coefficient (Wildman–Crippen LogP) is 1.95. The molecule has 1 fully saturated rings. The highest BCUT2D eigenvalue weighted by Crippen LogP contribution is 2.14. The van der Waals surface area contributed by atoms with Crippen LogP contribution >= 0.6 is 11.6 Å². The number of ether oxygens (including phenoxy) is 1. The molecule has 1 aliphatic rings. The number of nitrogens with one attached hydrogen (secondary N) is 1. The lowest BCUT2D eigenvalue weighted by Gasteiger charge is -2.11. The summed E-state index contributed by atoms with van der Waals surface area (Å²) < 4.78 is 5.43. The largest absolute Gasteiger partial charge is 0.376 e. The Labute approximate surface area is 105 Å². The summed E-state index contributed by atoms with van der Waals surface area (Å²) in [5.41, 5.74) is 1.21. The fourth-order valence-electron chi connectivity index (χ4n) is 1.80. The number of halogens is 1. The molecule has 0 saturated carbocycles. The van der Waals surface area contributed by atoms with Crippen LogP contribution in [-0.2, 0) is 4.74 Å². The summed E-state index contributed by atoms with van der Waals surface area (Å²) in [4.78, 5) is 15.9. The Kier molecular flexibility index (Phi) is 3.97. The monoisotopic (exact) mass is 254 g/mol. The molecule has 0 unspecified atom stereocenters. The molecule has 4 nitrogen and oxygen atoms in total. The molecule has 92 valence electrons. The molecule has 0 aliphatic carbocycles. The lowest BCUT2D eigenvalue weighted by atomic mass is 10.2. The highest BCUT2D eigenvalue weighted by molar-refractivity contribution is 6.32. The van der Waals surface area contributed by atoms with Gasteiger partial charge in [0.05, 0.1) is 11.7 Å². The first-order valence-corrected chi connectivity index (χ1v) is 6.07. The van der Waals surface area contributed by atoms with Gasteiger partial charge < -0.3 is 10.1 Å². The molecule has 2 rings (SSSR count). The number of aryl methyl sites for hydroxylation is 1. The Morgan fingerprint density at radius 3 is 3.12 bits per heavy atom. The molecule has 0 spiro atoms. The van der Waals surface area contributed by atoms with E-state index in [4.69, 9.17) is 16.3 Å². The van der Waals surface area contributed by atoms with Crippen LogP contribution in [0.25, 0.3) is 0 Å². The van der Waals surface area contributed by atoms with E-state index < -0.39 is 0 Å². The zero-order chi connectivity index (χ0) is 12.3. The molecule has 1 atom stereocenters. The minimum absolute atomic E-state index is 0.135. The van der Waals surface area contributed by atoms with Crippen LogP contribution in [0, 0.1) is 6.92 Å². The first kappa shape index (κ1) is 12.3. The Bertz CT molecular complexity index is 417. The molecule has 1 N–H and O–H groups in total. The Morgan fingerprint density at radius 1 is 1.65 bits per heavy atom. The van der Waals surface area contributed by atoms with E-state index in [2.05, 4.69) is 10.3 Å². The summed E-state index contributed by atoms with van der Waals surface area (Å²) in [6, 6.07) is 3.46. The summed E-state index contributed by atoms with van der Waals surface area (Å²) >= 11 is 5.92. The van der Waals surface area contributed by atoms with Crippen LogP contribution in [0.2, 0.25) is 5.15 Å². The minimum Gasteiger partial charge on any atom is -0.376 e. The highest BCUT2D eigenvalue weighted by atomic mass is 35.5. The van der Waals surface area contributed by atoms with Crippen molar-refractivity contribution in [2.24, 2.45) is 0 Å². The van der Waals surface area contributed by atoms with Gasteiger partial charge in [0.15, 0.2) is 0 Å². The van der Waals surface area contributed by atoms with Gasteiger partial charge in [-0.05, 0) is 31.9 Å². The third-order valence-corrected chi connectivity index (χ3v) is 3.03. The van der Waals surface area contributed by atoms with E-state index in [1.807, 2.05) is 6.92 Å². The van der Waals surface area contributed by atoms with Crippen molar-refractivity contribution < 1.29 is 9.53 Å². The molecule has 0 aromatic carbocycles. The summed E-state index contributed by atoms with van der Waals surface area (Å²) in [6.45, 7) is 3.15. The van der Waals surface area contributed by atoms with Crippen molar-refractivity contribution in [3.05, 3.63) is 28.5 Å². The average molecular weight is 255 g/mol. The number of amides is 1. The van der Waals surface area contributed by atoms with Gasteiger partial charge in [-0.3, -0.25) is 4.79 Å². The summed E-state index contributed by atoms with van der Waals surface area (Å²) in [5, 5.41) is 3.06. The van der Waals surface area contributed by atoms with E-state index in [-0.39, 0.29) is 17.2 Å². The van der Waals surface area contributed by atoms with Crippen molar-refractivity contribution in [3.8, 4) is 0 Å². The molecule has 0 bridgehead atoms. The smallest absolute Gasteiger partial charge is 0.254 e. The van der Waals surface area contributed by atoms with Crippen molar-refractivity contribution >= 4 is 17.5 Å². The maximum Gasteiger partial charge on any atom is 0.254 e. The number of carbonyl (C=O) groups is 1. The van der Waals surface area contributed by atoms with E-state index in [1.165, 1.54) is 0 Å². The summed E-state index contributed by atoms with van der Waals surface area (Å²) in [6.07, 6.45) is 2.20. The van der Waals surface area contributed by atoms with Crippen LogP contribution in [0.5, 0.6) is 0 Å². The Balaban J connectivity index is 1.94. The molecule has 0 radical (unpaired) electrons. The Hall–Kier alpha value is -1.13. The normalized spacial score (nSPS) is 19.3. The van der Waals surface area contributed by atoms with Gasteiger partial charge in [-0.2, -0.15) is 0 Å². The molecule has 1 aromatic rings. The number of hydrogen-bond donors (Lipinski definition) is 1. The van der Waals surface area contributed by atoms with Gasteiger partial charge in [0.25, 0.3) is 5.91 Å². The maximum atomic E-state index is 11.8. The van der Waals surface area contributed by atoms with Crippen LogP contribution in [0.1, 0.15) is 28.9 Å². The molecular formula is C12H15ClN2O2. The second-order valence-electron chi connectivity index (χ2n) is 4.14. The van der Waals surface area contributed by atoms with Gasteiger partial charge in [-0.1, -0.05) is 11.6 Å². The van der Waals surface area contributed by atoms with E-state index in [1.54, 1.807) is 12.1 Å². The lowest BCUT2D eigenvalue weighted by Crippen LogP contribution is -2.32. The van der Waals surface area contributed by atoms with Crippen LogP contribution < -0.4 is 5.32 Å². The number of carbonyl (C=O) groups excluding carboxylic acids is 1. The average Bonchev–Trinajstić information content (AvgIpc) is 2.78. The zero-order valence-corrected chi connectivity index (χ0v) is 10.5. The molecule has 1 saturated heterocycles. The van der Waals surface area contributed by atoms with Gasteiger partial charge in [0.1, 0.15) is 5.15 Å². The third-order valence-electron chi connectivity index (χ3n) is 2.75. The fourth-order valence-corrected chi connectivity index (χ4v) is 2.08. The van der Waals surface area contributed by atoms with Crippen molar-refractivity contribution in [1.29, 1.82) is 0 Å². The SMILES string of the molecule is Cc1ccc(C(=O)NC[C@H]2CCCO2)c(Cl)n1. The van der Waals surface area contributed by atoms with Crippen LogP contribution in [0.3, 0.4) is 0 Å². The van der Waals surface area contributed by atoms with E-state index in [0.717, 1.165) is 25.1 Å². The molecule has 5 heteroatoms. The predicted molar refractivity (Wildman–Crippen MR) is 65.3 cm³/mol. The van der Waals surface area contributed by atoms with E-state index in [0.29, 0.717) is 12.1 Å². The van der Waals surface area contributed by atoms with Gasteiger partial charge in [-0.25, -0.2) is 4.98 Å². The molecular weight excluding hydrogens is 240 g/mol. The number of rotatable bonds is 3. The zero-order valence-electron chi connectivity index (χ0n) is 9.70. The molecule has 2 heterocycles. The number of aromatic nitrogens is 1. The van der Waals surface area contributed by atoms with Crippen molar-refractivity contribution in [2.75, 3.05) is 13.2 Å². The summed E-state index contributed by atoms with van der Waals surface area (Å²) in [5.74, 6) is -0.196. The maximum absolute atomic E-state index is 11.8. The second-order valence-corrected chi connectivity index (χ2v) is 4.49. The van der Waals surface area contributed by atoms with Crippen molar-refractivity contribution in [1.82, 2.24) is 10.3 Å². The second kappa shape index (κ2) is 5.47. The molecule has 17 heavy (non-hydrogen) atoms. The van der Waals surface area contributed by atoms with Crippen LogP contribution in [-0.4, -0.2) is 30.1 Å². The van der Waals surface area contributed by atoms with E-state index >= 15 is 0 Å². The van der Waals surface area contributed by atoms with Gasteiger partial charge in [0, 0.05) is 18.8 Å². The van der Waals surface area contributed by atoms with Gasteiger partial charge >= 0.3 is 0 Å². The van der Waals surface area contributed by atoms with Crippen molar-refractivity contribution in [2.45, 2.75) is 25.9 Å². The lowest BCUT2D eigenvalue weighted by molar-refractivity contribution is 0.0857. The Morgan fingerprint density at radius 2 is 2.47 bits per heavy atom. The van der Waals surface area contributed by atoms with Crippen LogP contribution in [0.4, 0.5) is 0 Å². The number of hydrogen-bond acceptors (Lipinski definition) is 3. The molecule has 1 aromatic heterocycles. The quantitative estimate of drug-likeness (QED) is 0.839. The fraction of sp³-hybridized carbons (Fsp3) is 0.500. The van der Waals surface area contributed by atoms with Gasteiger partial charge in [0.2, 0.25) is 0 Å². The topological polar surface area (TPSA) is 51.2 Å². The van der Waals surface area contributed by atoms with Crippen LogP contribution in [0.15, 0.2) is 12.1 Å².